The van der Waals surface area contributed by atoms with Crippen LogP contribution >= 0.6 is 11.3 Å². The third-order valence-corrected chi connectivity index (χ3v) is 8.70. The van der Waals surface area contributed by atoms with Crippen molar-refractivity contribution in [2.24, 2.45) is 0 Å². The van der Waals surface area contributed by atoms with E-state index in [1.54, 1.807) is 23.3 Å². The lowest BCUT2D eigenvalue weighted by molar-refractivity contribution is -0.136. The van der Waals surface area contributed by atoms with Crippen LogP contribution < -0.4 is 15.4 Å². The zero-order chi connectivity index (χ0) is 29.8. The smallest absolute Gasteiger partial charge is 0.322 e. The average molecular weight is 593 g/mol. The first-order valence-electron chi connectivity index (χ1n) is 14.2. The van der Waals surface area contributed by atoms with Crippen molar-refractivity contribution >= 4 is 29.2 Å². The molecule has 2 atom stereocenters. The van der Waals surface area contributed by atoms with Crippen molar-refractivity contribution in [2.75, 3.05) is 20.1 Å². The van der Waals surface area contributed by atoms with E-state index in [2.05, 4.69) is 10.6 Å². The molecule has 0 saturated carbocycles. The molecular formula is C34H32N4O4S. The van der Waals surface area contributed by atoms with Crippen molar-refractivity contribution in [3.05, 3.63) is 130 Å². The number of para-hydroxylation sites is 1. The van der Waals surface area contributed by atoms with E-state index in [0.29, 0.717) is 35.7 Å². The summed E-state index contributed by atoms with van der Waals surface area (Å²) in [5.74, 6) is 0.790. The highest BCUT2D eigenvalue weighted by Crippen LogP contribution is 2.38. The topological polar surface area (TPSA) is 91.0 Å². The third-order valence-electron chi connectivity index (χ3n) is 7.76. The van der Waals surface area contributed by atoms with Gasteiger partial charge in [-0.2, -0.15) is 0 Å². The van der Waals surface area contributed by atoms with Crippen molar-refractivity contribution in [1.29, 1.82) is 0 Å². The molecule has 0 bridgehead atoms. The van der Waals surface area contributed by atoms with E-state index in [1.165, 1.54) is 9.78 Å². The van der Waals surface area contributed by atoms with E-state index in [0.717, 1.165) is 17.5 Å². The molecule has 3 heterocycles. The minimum absolute atomic E-state index is 0.157. The first-order chi connectivity index (χ1) is 21.0. The first kappa shape index (κ1) is 28.2. The number of carbonyl (C=O) groups is 3. The number of carbonyl (C=O) groups excluding carboxylic acids is 3. The summed E-state index contributed by atoms with van der Waals surface area (Å²) < 4.78 is 6.03. The normalized spacial score (nSPS) is 17.0. The second kappa shape index (κ2) is 12.5. The fourth-order valence-electron chi connectivity index (χ4n) is 5.54. The van der Waals surface area contributed by atoms with Gasteiger partial charge in [-0.3, -0.25) is 14.5 Å². The number of benzene rings is 3. The number of nitrogens with zero attached hydrogens (tertiary/aromatic N) is 2. The lowest BCUT2D eigenvalue weighted by Crippen LogP contribution is -2.50. The van der Waals surface area contributed by atoms with Gasteiger partial charge in [0.2, 0.25) is 5.91 Å². The number of hydrogen-bond acceptors (Lipinski definition) is 5. The van der Waals surface area contributed by atoms with Crippen LogP contribution in [0.3, 0.4) is 0 Å². The summed E-state index contributed by atoms with van der Waals surface area (Å²) in [6.07, 6.45) is 1.07. The molecule has 0 fully saturated rings. The van der Waals surface area contributed by atoms with Gasteiger partial charge in [0.1, 0.15) is 17.5 Å². The summed E-state index contributed by atoms with van der Waals surface area (Å²) in [7, 11) is 1.65. The van der Waals surface area contributed by atoms with Crippen LogP contribution in [0.25, 0.3) is 0 Å². The molecule has 2 aliphatic heterocycles. The lowest BCUT2D eigenvalue weighted by Gasteiger charge is -2.31. The number of likely N-dealkylation sites (N-methyl/N-ethyl adjacent to an activating group) is 1. The standard InChI is InChI=1S/C34H32N4O4S/c1-37-29-22-38(28(20-23-10-4-2-5-11-23)32(39)35-18-17-27-16-9-19-43-27)33(40)30(29)31(36-34(37)41)24-12-8-15-26(21-24)42-25-13-6-3-7-14-25/h2-16,19,21,28,31H,17-18,20,22H2,1H3,(H,35,39)(H,36,41)/t28-,31+/m1/s1. The predicted molar refractivity (Wildman–Crippen MR) is 166 cm³/mol. The molecule has 8 nitrogen and oxygen atoms in total. The van der Waals surface area contributed by atoms with Gasteiger partial charge >= 0.3 is 6.03 Å². The molecule has 2 N–H and O–H groups in total. The van der Waals surface area contributed by atoms with E-state index in [4.69, 9.17) is 4.74 Å². The molecule has 0 aliphatic carbocycles. The summed E-state index contributed by atoms with van der Waals surface area (Å²) in [6.45, 7) is 0.626. The molecule has 0 saturated heterocycles. The number of amides is 4. The molecule has 3 aromatic carbocycles. The van der Waals surface area contributed by atoms with Crippen LogP contribution in [-0.4, -0.2) is 53.8 Å². The van der Waals surface area contributed by atoms with Crippen molar-refractivity contribution in [3.63, 3.8) is 0 Å². The van der Waals surface area contributed by atoms with Crippen LogP contribution in [0.2, 0.25) is 0 Å². The van der Waals surface area contributed by atoms with E-state index in [-0.39, 0.29) is 24.4 Å². The van der Waals surface area contributed by atoms with Gasteiger partial charge in [-0.1, -0.05) is 66.7 Å². The summed E-state index contributed by atoms with van der Waals surface area (Å²) in [6, 6.07) is 28.8. The Labute approximate surface area is 254 Å². The minimum Gasteiger partial charge on any atom is -0.457 e. The molecule has 4 aromatic rings. The molecule has 2 aliphatic rings. The number of ether oxygens (including phenoxy) is 1. The van der Waals surface area contributed by atoms with Gasteiger partial charge in [-0.15, -0.1) is 11.3 Å². The van der Waals surface area contributed by atoms with Crippen molar-refractivity contribution in [2.45, 2.75) is 24.9 Å². The van der Waals surface area contributed by atoms with Gasteiger partial charge in [0, 0.05) is 24.9 Å². The van der Waals surface area contributed by atoms with Gasteiger partial charge < -0.3 is 20.3 Å². The Bertz CT molecular complexity index is 1640. The molecule has 1 aromatic heterocycles. The highest BCUT2D eigenvalue weighted by Gasteiger charge is 2.46. The van der Waals surface area contributed by atoms with Gasteiger partial charge in [0.25, 0.3) is 5.91 Å². The molecule has 43 heavy (non-hydrogen) atoms. The maximum atomic E-state index is 14.2. The highest BCUT2D eigenvalue weighted by molar-refractivity contribution is 7.09. The summed E-state index contributed by atoms with van der Waals surface area (Å²) in [5.41, 5.74) is 2.72. The van der Waals surface area contributed by atoms with Crippen LogP contribution in [0.15, 0.2) is 114 Å². The maximum Gasteiger partial charge on any atom is 0.322 e. The molecule has 6 rings (SSSR count). The maximum absolute atomic E-state index is 14.2. The zero-order valence-electron chi connectivity index (χ0n) is 23.7. The molecule has 4 amide bonds. The van der Waals surface area contributed by atoms with Gasteiger partial charge in [-0.05, 0) is 53.3 Å². The molecule has 0 unspecified atom stereocenters. The second-order valence-electron chi connectivity index (χ2n) is 10.5. The number of hydrogen-bond donors (Lipinski definition) is 2. The van der Waals surface area contributed by atoms with Crippen LogP contribution in [-0.2, 0) is 22.4 Å². The number of thiophene rings is 1. The summed E-state index contributed by atoms with van der Waals surface area (Å²) in [5, 5.41) is 8.06. The molecular weight excluding hydrogens is 560 g/mol. The first-order valence-corrected chi connectivity index (χ1v) is 15.1. The summed E-state index contributed by atoms with van der Waals surface area (Å²) >= 11 is 1.65. The largest absolute Gasteiger partial charge is 0.457 e. The Morgan fingerprint density at radius 2 is 1.72 bits per heavy atom. The zero-order valence-corrected chi connectivity index (χ0v) is 24.6. The third kappa shape index (κ3) is 6.17. The Kier molecular flexibility index (Phi) is 8.24. The van der Waals surface area contributed by atoms with Gasteiger partial charge in [-0.25, -0.2) is 4.79 Å². The SMILES string of the molecule is CN1C(=O)N[C@@H](c2cccc(Oc3ccccc3)c2)C2=C1CN([C@H](Cc1ccccc1)C(=O)NCCc1cccs1)C2=O. The van der Waals surface area contributed by atoms with E-state index >= 15 is 0 Å². The monoisotopic (exact) mass is 592 g/mol. The highest BCUT2D eigenvalue weighted by atomic mass is 32.1. The Morgan fingerprint density at radius 3 is 2.47 bits per heavy atom. The van der Waals surface area contributed by atoms with Crippen molar-refractivity contribution < 1.29 is 19.1 Å². The molecule has 9 heteroatoms. The summed E-state index contributed by atoms with van der Waals surface area (Å²) in [4.78, 5) is 45.3. The number of urea groups is 1. The van der Waals surface area contributed by atoms with Crippen LogP contribution in [0, 0.1) is 0 Å². The Hall–Kier alpha value is -4.89. The Balaban J connectivity index is 1.27. The molecule has 218 valence electrons. The lowest BCUT2D eigenvalue weighted by atomic mass is 9.95. The van der Waals surface area contributed by atoms with Crippen LogP contribution in [0.4, 0.5) is 4.79 Å². The van der Waals surface area contributed by atoms with E-state index in [9.17, 15) is 14.4 Å². The van der Waals surface area contributed by atoms with Crippen LogP contribution in [0.5, 0.6) is 11.5 Å². The number of rotatable bonds is 10. The van der Waals surface area contributed by atoms with Gasteiger partial charge in [0.05, 0.1) is 23.9 Å². The second-order valence-corrected chi connectivity index (χ2v) is 11.6. The minimum atomic E-state index is -0.749. The van der Waals surface area contributed by atoms with Crippen molar-refractivity contribution in [3.8, 4) is 11.5 Å². The predicted octanol–water partition coefficient (Wildman–Crippen LogP) is 5.30. The fourth-order valence-corrected chi connectivity index (χ4v) is 6.24. The quantitative estimate of drug-likeness (QED) is 0.261. The Morgan fingerprint density at radius 1 is 0.977 bits per heavy atom. The molecule has 0 radical (unpaired) electrons. The fraction of sp³-hybridized carbons (Fsp3) is 0.206. The number of nitrogens with one attached hydrogen (secondary N) is 2. The average Bonchev–Trinajstić information content (AvgIpc) is 3.67. The van der Waals surface area contributed by atoms with Crippen molar-refractivity contribution in [1.82, 2.24) is 20.4 Å². The van der Waals surface area contributed by atoms with E-state index in [1.807, 2.05) is 102 Å². The van der Waals surface area contributed by atoms with E-state index < -0.39 is 12.1 Å². The molecule has 0 spiro atoms. The van der Waals surface area contributed by atoms with Gasteiger partial charge in [0.15, 0.2) is 0 Å². The van der Waals surface area contributed by atoms with Crippen LogP contribution in [0.1, 0.15) is 22.0 Å².